The third kappa shape index (κ3) is 3.65. The Morgan fingerprint density at radius 1 is 1.25 bits per heavy atom. The van der Waals surface area contributed by atoms with Gasteiger partial charge in [-0.15, -0.1) is 12.4 Å². The van der Waals surface area contributed by atoms with E-state index in [1.807, 2.05) is 43.1 Å². The molecular formula is C19H25ClN2O2. The van der Waals surface area contributed by atoms with Gasteiger partial charge in [-0.25, -0.2) is 0 Å². The Morgan fingerprint density at radius 3 is 2.62 bits per heavy atom. The molecule has 1 heterocycles. The maximum absolute atomic E-state index is 12.7. The van der Waals surface area contributed by atoms with Gasteiger partial charge in [0.1, 0.15) is 5.75 Å². The molecule has 0 aromatic heterocycles. The fourth-order valence-electron chi connectivity index (χ4n) is 3.24. The van der Waals surface area contributed by atoms with Gasteiger partial charge in [-0.3, -0.25) is 4.79 Å². The van der Waals surface area contributed by atoms with Crippen molar-refractivity contribution in [2.24, 2.45) is 0 Å². The summed E-state index contributed by atoms with van der Waals surface area (Å²) >= 11 is 0. The zero-order valence-corrected chi connectivity index (χ0v) is 15.2. The van der Waals surface area contributed by atoms with Crippen LogP contribution in [0.1, 0.15) is 24.8 Å². The van der Waals surface area contributed by atoms with Crippen molar-refractivity contribution in [3.05, 3.63) is 42.0 Å². The van der Waals surface area contributed by atoms with Gasteiger partial charge in [0.2, 0.25) is 5.91 Å². The fourth-order valence-corrected chi connectivity index (χ4v) is 3.24. The largest absolute Gasteiger partial charge is 0.497 e. The van der Waals surface area contributed by atoms with Crippen molar-refractivity contribution in [3.8, 4) is 5.75 Å². The molecule has 3 rings (SSSR count). The van der Waals surface area contributed by atoms with E-state index in [2.05, 4.69) is 17.4 Å². The van der Waals surface area contributed by atoms with Crippen LogP contribution in [0.25, 0.3) is 10.8 Å². The van der Waals surface area contributed by atoms with Gasteiger partial charge in [0.15, 0.2) is 0 Å². The molecule has 1 aliphatic heterocycles. The van der Waals surface area contributed by atoms with Gasteiger partial charge in [0.05, 0.1) is 13.0 Å². The van der Waals surface area contributed by atoms with Gasteiger partial charge in [-0.05, 0) is 48.4 Å². The van der Waals surface area contributed by atoms with Crippen LogP contribution < -0.4 is 10.1 Å². The maximum atomic E-state index is 12.7. The molecule has 1 aliphatic rings. The number of hydrogen-bond acceptors (Lipinski definition) is 3. The zero-order chi connectivity index (χ0) is 16.4. The number of carbonyl (C=O) groups excluding carboxylic acids is 1. The van der Waals surface area contributed by atoms with Crippen molar-refractivity contribution in [2.45, 2.75) is 25.3 Å². The number of likely N-dealkylation sites (N-methyl/N-ethyl adjacent to an activating group) is 1. The van der Waals surface area contributed by atoms with Gasteiger partial charge in [-0.1, -0.05) is 24.3 Å². The standard InChI is InChI=1S/C19H24N2O2.ClH/c1-13(19(22)21(2)17-8-9-20-12-17)14-4-5-16-11-18(23-3)7-6-15(16)10-14;/h4-7,10-11,13,17,20H,8-9,12H2,1-3H3;1H. The smallest absolute Gasteiger partial charge is 0.229 e. The molecule has 1 amide bonds. The molecule has 0 bridgehead atoms. The topological polar surface area (TPSA) is 41.6 Å². The predicted molar refractivity (Wildman–Crippen MR) is 100 cm³/mol. The zero-order valence-electron chi connectivity index (χ0n) is 14.4. The quantitative estimate of drug-likeness (QED) is 0.922. The summed E-state index contributed by atoms with van der Waals surface area (Å²) in [5, 5.41) is 5.57. The molecule has 2 unspecified atom stereocenters. The number of amides is 1. The second-order valence-electron chi connectivity index (χ2n) is 6.29. The minimum atomic E-state index is -0.132. The number of nitrogens with zero attached hydrogens (tertiary/aromatic N) is 1. The molecule has 1 N–H and O–H groups in total. The first-order valence-corrected chi connectivity index (χ1v) is 8.15. The van der Waals surface area contributed by atoms with Crippen LogP contribution in [0.2, 0.25) is 0 Å². The summed E-state index contributed by atoms with van der Waals surface area (Å²) in [7, 11) is 3.59. The lowest BCUT2D eigenvalue weighted by Crippen LogP contribution is -2.40. The average molecular weight is 349 g/mol. The highest BCUT2D eigenvalue weighted by Gasteiger charge is 2.27. The second kappa shape index (κ2) is 7.86. The molecule has 4 nitrogen and oxygen atoms in total. The van der Waals surface area contributed by atoms with Crippen LogP contribution in [0.3, 0.4) is 0 Å². The van der Waals surface area contributed by atoms with Gasteiger partial charge >= 0.3 is 0 Å². The highest BCUT2D eigenvalue weighted by Crippen LogP contribution is 2.26. The van der Waals surface area contributed by atoms with Crippen LogP contribution in [-0.4, -0.2) is 44.1 Å². The Hall–Kier alpha value is -1.78. The van der Waals surface area contributed by atoms with Crippen molar-refractivity contribution >= 4 is 29.1 Å². The second-order valence-corrected chi connectivity index (χ2v) is 6.29. The van der Waals surface area contributed by atoms with Crippen LogP contribution in [0.5, 0.6) is 5.75 Å². The van der Waals surface area contributed by atoms with E-state index in [9.17, 15) is 4.79 Å². The maximum Gasteiger partial charge on any atom is 0.229 e. The van der Waals surface area contributed by atoms with Gasteiger partial charge in [0.25, 0.3) is 0 Å². The predicted octanol–water partition coefficient (Wildman–Crippen LogP) is 3.19. The van der Waals surface area contributed by atoms with Crippen LogP contribution >= 0.6 is 12.4 Å². The van der Waals surface area contributed by atoms with E-state index in [4.69, 9.17) is 4.74 Å². The summed E-state index contributed by atoms with van der Waals surface area (Å²) in [6, 6.07) is 12.5. The SMILES string of the molecule is COc1ccc2cc(C(C)C(=O)N(C)C3CCNC3)ccc2c1.Cl. The third-order valence-electron chi connectivity index (χ3n) is 4.87. The number of methoxy groups -OCH3 is 1. The minimum Gasteiger partial charge on any atom is -0.497 e. The molecular weight excluding hydrogens is 324 g/mol. The highest BCUT2D eigenvalue weighted by molar-refractivity contribution is 5.88. The first-order valence-electron chi connectivity index (χ1n) is 8.15. The summed E-state index contributed by atoms with van der Waals surface area (Å²) in [4.78, 5) is 14.7. The summed E-state index contributed by atoms with van der Waals surface area (Å²) in [6.45, 7) is 3.88. The van der Waals surface area contributed by atoms with E-state index >= 15 is 0 Å². The normalized spacial score (nSPS) is 18.0. The number of carbonyl (C=O) groups is 1. The number of hydrogen-bond donors (Lipinski definition) is 1. The number of fused-ring (bicyclic) bond motifs is 1. The Bertz CT molecular complexity index is 714. The monoisotopic (exact) mass is 348 g/mol. The number of ether oxygens (including phenoxy) is 1. The summed E-state index contributed by atoms with van der Waals surface area (Å²) < 4.78 is 5.26. The highest BCUT2D eigenvalue weighted by atomic mass is 35.5. The molecule has 0 radical (unpaired) electrons. The molecule has 1 saturated heterocycles. The Morgan fingerprint density at radius 2 is 1.96 bits per heavy atom. The number of halogens is 1. The lowest BCUT2D eigenvalue weighted by Gasteiger charge is -2.27. The number of benzene rings is 2. The summed E-state index contributed by atoms with van der Waals surface area (Å²) in [6.07, 6.45) is 1.03. The summed E-state index contributed by atoms with van der Waals surface area (Å²) in [5.74, 6) is 0.904. The van der Waals surface area contributed by atoms with Crippen molar-refractivity contribution < 1.29 is 9.53 Å². The molecule has 1 fully saturated rings. The minimum absolute atomic E-state index is 0. The van der Waals surface area contributed by atoms with Crippen molar-refractivity contribution in [1.29, 1.82) is 0 Å². The fraction of sp³-hybridized carbons (Fsp3) is 0.421. The Balaban J connectivity index is 0.00000208. The first-order chi connectivity index (χ1) is 11.1. The molecule has 0 aliphatic carbocycles. The molecule has 5 heteroatoms. The van der Waals surface area contributed by atoms with Crippen LogP contribution in [0.15, 0.2) is 36.4 Å². The average Bonchev–Trinajstić information content (AvgIpc) is 3.13. The van der Waals surface area contributed by atoms with Gasteiger partial charge < -0.3 is 15.0 Å². The summed E-state index contributed by atoms with van der Waals surface area (Å²) in [5.41, 5.74) is 1.06. The lowest BCUT2D eigenvalue weighted by molar-refractivity contribution is -0.132. The molecule has 0 spiro atoms. The van der Waals surface area contributed by atoms with Crippen LogP contribution in [0.4, 0.5) is 0 Å². The lowest BCUT2D eigenvalue weighted by atomic mass is 9.96. The van der Waals surface area contributed by atoms with E-state index in [1.165, 1.54) is 0 Å². The Kier molecular flexibility index (Phi) is 6.08. The van der Waals surface area contributed by atoms with Crippen molar-refractivity contribution in [2.75, 3.05) is 27.2 Å². The van der Waals surface area contributed by atoms with Gasteiger partial charge in [-0.2, -0.15) is 0 Å². The number of rotatable bonds is 4. The van der Waals surface area contributed by atoms with E-state index in [1.54, 1.807) is 7.11 Å². The molecule has 2 atom stereocenters. The number of nitrogens with one attached hydrogen (secondary N) is 1. The Labute approximate surface area is 149 Å². The first kappa shape index (κ1) is 18.6. The molecule has 0 saturated carbocycles. The molecule has 24 heavy (non-hydrogen) atoms. The molecule has 130 valence electrons. The third-order valence-corrected chi connectivity index (χ3v) is 4.87. The van der Waals surface area contributed by atoms with Crippen molar-refractivity contribution in [1.82, 2.24) is 10.2 Å². The molecule has 2 aromatic rings. The van der Waals surface area contributed by atoms with Crippen molar-refractivity contribution in [3.63, 3.8) is 0 Å². The van der Waals surface area contributed by atoms with Gasteiger partial charge in [0, 0.05) is 19.6 Å². The van der Waals surface area contributed by atoms with E-state index in [0.717, 1.165) is 41.6 Å². The van der Waals surface area contributed by atoms with E-state index in [-0.39, 0.29) is 24.2 Å². The van der Waals surface area contributed by atoms with Crippen LogP contribution in [-0.2, 0) is 4.79 Å². The van der Waals surface area contributed by atoms with E-state index in [0.29, 0.717) is 6.04 Å². The van der Waals surface area contributed by atoms with E-state index < -0.39 is 0 Å². The van der Waals surface area contributed by atoms with Crippen LogP contribution in [0, 0.1) is 0 Å². The molecule has 2 aromatic carbocycles.